The molecule has 0 aromatic heterocycles. The van der Waals surface area contributed by atoms with Gasteiger partial charge in [0.1, 0.15) is 29.5 Å². The van der Waals surface area contributed by atoms with Crippen molar-refractivity contribution >= 4 is 22.7 Å². The maximum atomic E-state index is 14.2. The molecule has 12 heteroatoms. The number of aliphatic hydroxyl groups excluding tert-OH is 2. The Morgan fingerprint density at radius 1 is 0.959 bits per heavy atom. The van der Waals surface area contributed by atoms with Crippen molar-refractivity contribution in [1.29, 1.82) is 0 Å². The maximum Gasteiger partial charge on any atom is 0.338 e. The Hall–Kier alpha value is -2.68. The molecule has 12 nitrogen and oxygen atoms in total. The summed E-state index contributed by atoms with van der Waals surface area (Å²) in [5, 5.41) is 39.2. The molecule has 1 aliphatic heterocycles. The number of fused-ring (bicyclic) bond motifs is 3. The third kappa shape index (κ3) is 3.81. The fraction of sp³-hybridized carbons (Fsp3) is 0.676. The van der Waals surface area contributed by atoms with Crippen LogP contribution in [0.3, 0.4) is 0 Å². The molecule has 6 aliphatic rings. The zero-order valence-corrected chi connectivity index (χ0v) is 28.8. The molecule has 0 radical (unpaired) electrons. The summed E-state index contributed by atoms with van der Waals surface area (Å²) in [6.07, 6.45) is -5.87. The smallest absolute Gasteiger partial charge is 0.338 e. The summed E-state index contributed by atoms with van der Waals surface area (Å²) < 4.78 is 38.1. The standard InChI is InChI=1S/C37H47NO11/c1-7-38-17-35(47-6)23(40)15-24(44-3)36-22-16-34(43)31(48-33(42)21-13-12-19-10-8-9-11-20(19)14-21)25(22)37(49-18(2)39,30(41)32(34)46-5)26(29(36)38)27(45-4)28(35)36/h8-14,22-32,40-41,43H,7,15-17H2,1-6H3/t22?,23-,24+,25?,26?,27+,28?,29?,30+,31-,32+,34-,35+,36?,37-/m1/s1. The number of nitrogens with zero attached hydrogens (tertiary/aromatic N) is 1. The molecule has 15 atom stereocenters. The molecule has 1 saturated heterocycles. The van der Waals surface area contributed by atoms with E-state index in [0.717, 1.165) is 10.8 Å². The van der Waals surface area contributed by atoms with E-state index in [1.54, 1.807) is 33.5 Å². The van der Waals surface area contributed by atoms with Gasteiger partial charge >= 0.3 is 11.9 Å². The molecule has 6 fully saturated rings. The molecule has 5 saturated carbocycles. The molecule has 0 amide bonds. The number of esters is 2. The van der Waals surface area contributed by atoms with Gasteiger partial charge in [-0.05, 0) is 41.8 Å². The number of methoxy groups -OCH3 is 4. The highest BCUT2D eigenvalue weighted by Gasteiger charge is 2.92. The molecular weight excluding hydrogens is 634 g/mol. The fourth-order valence-corrected chi connectivity index (χ4v) is 12.7. The first-order chi connectivity index (χ1) is 23.5. The predicted octanol–water partition coefficient (Wildman–Crippen LogP) is 1.55. The lowest BCUT2D eigenvalue weighted by Crippen LogP contribution is -2.82. The minimum atomic E-state index is -1.86. The van der Waals surface area contributed by atoms with E-state index in [-0.39, 0.29) is 18.9 Å². The number of likely N-dealkylation sites (N-methyl/N-ethyl adjacent to an activating group) is 1. The van der Waals surface area contributed by atoms with E-state index >= 15 is 0 Å². The van der Waals surface area contributed by atoms with E-state index < -0.39 is 94.5 Å². The Bertz CT molecular complexity index is 1670. The molecule has 8 rings (SSSR count). The van der Waals surface area contributed by atoms with Gasteiger partial charge in [-0.25, -0.2) is 4.79 Å². The van der Waals surface area contributed by atoms with Crippen LogP contribution in [-0.4, -0.2) is 133 Å². The summed E-state index contributed by atoms with van der Waals surface area (Å²) in [6, 6.07) is 12.6. The third-order valence-corrected chi connectivity index (χ3v) is 13.9. The second-order valence-electron chi connectivity index (χ2n) is 15.1. The predicted molar refractivity (Wildman–Crippen MR) is 173 cm³/mol. The van der Waals surface area contributed by atoms with Crippen molar-refractivity contribution in [1.82, 2.24) is 4.90 Å². The van der Waals surface area contributed by atoms with Crippen LogP contribution in [0.1, 0.15) is 37.0 Å². The first kappa shape index (κ1) is 33.5. The van der Waals surface area contributed by atoms with E-state index in [4.69, 9.17) is 28.4 Å². The molecular formula is C37H47NO11. The Kier molecular flexibility index (Phi) is 7.62. The number of hydrogen-bond acceptors (Lipinski definition) is 12. The van der Waals surface area contributed by atoms with Crippen LogP contribution in [0.2, 0.25) is 0 Å². The normalized spacial score (nSPS) is 47.7. The Morgan fingerprint density at radius 3 is 2.33 bits per heavy atom. The van der Waals surface area contributed by atoms with Gasteiger partial charge in [-0.1, -0.05) is 37.3 Å². The van der Waals surface area contributed by atoms with Crippen LogP contribution in [0.4, 0.5) is 0 Å². The number of carbonyl (C=O) groups excluding carboxylic acids is 2. The minimum Gasteiger partial charge on any atom is -0.455 e. The molecule has 3 N–H and O–H groups in total. The van der Waals surface area contributed by atoms with Crippen LogP contribution >= 0.6 is 0 Å². The van der Waals surface area contributed by atoms with Gasteiger partial charge in [-0.2, -0.15) is 0 Å². The van der Waals surface area contributed by atoms with Crippen LogP contribution in [-0.2, 0) is 33.2 Å². The lowest BCUT2D eigenvalue weighted by molar-refractivity contribution is -0.328. The van der Waals surface area contributed by atoms with Gasteiger partial charge in [0.25, 0.3) is 0 Å². The van der Waals surface area contributed by atoms with Gasteiger partial charge in [0, 0.05) is 77.5 Å². The molecule has 7 bridgehead atoms. The Balaban J connectivity index is 1.37. The largest absolute Gasteiger partial charge is 0.455 e. The Labute approximate surface area is 285 Å². The third-order valence-electron chi connectivity index (χ3n) is 13.9. The van der Waals surface area contributed by atoms with E-state index in [0.29, 0.717) is 18.7 Å². The van der Waals surface area contributed by atoms with Gasteiger partial charge in [-0.3, -0.25) is 9.69 Å². The highest BCUT2D eigenvalue weighted by atomic mass is 16.6. The van der Waals surface area contributed by atoms with E-state index in [9.17, 15) is 24.9 Å². The summed E-state index contributed by atoms with van der Waals surface area (Å²) in [7, 11) is 6.21. The first-order valence-corrected chi connectivity index (χ1v) is 17.3. The monoisotopic (exact) mass is 681 g/mol. The van der Waals surface area contributed by atoms with Crippen LogP contribution in [0, 0.1) is 29.1 Å². The quantitative estimate of drug-likeness (QED) is 0.347. The van der Waals surface area contributed by atoms with Gasteiger partial charge in [0.05, 0.1) is 23.9 Å². The second kappa shape index (κ2) is 11.2. The van der Waals surface area contributed by atoms with Crippen molar-refractivity contribution in [3.63, 3.8) is 0 Å². The summed E-state index contributed by atoms with van der Waals surface area (Å²) >= 11 is 0. The number of ether oxygens (including phenoxy) is 6. The molecule has 2 aromatic carbocycles. The molecule has 5 aliphatic carbocycles. The van der Waals surface area contributed by atoms with Gasteiger partial charge in [0.2, 0.25) is 0 Å². The number of carbonyl (C=O) groups is 2. The van der Waals surface area contributed by atoms with Crippen LogP contribution in [0.25, 0.3) is 10.8 Å². The lowest BCUT2D eigenvalue weighted by Gasteiger charge is -2.69. The van der Waals surface area contributed by atoms with Crippen molar-refractivity contribution in [2.45, 2.75) is 86.2 Å². The van der Waals surface area contributed by atoms with Crippen molar-refractivity contribution in [3.05, 3.63) is 48.0 Å². The average molecular weight is 682 g/mol. The summed E-state index contributed by atoms with van der Waals surface area (Å²) in [6.45, 7) is 4.26. The Morgan fingerprint density at radius 2 is 1.69 bits per heavy atom. The van der Waals surface area contributed by atoms with Crippen LogP contribution < -0.4 is 0 Å². The molecule has 1 heterocycles. The first-order valence-electron chi connectivity index (χ1n) is 17.3. The van der Waals surface area contributed by atoms with Crippen LogP contribution in [0.15, 0.2) is 42.5 Å². The van der Waals surface area contributed by atoms with Gasteiger partial charge < -0.3 is 43.7 Å². The van der Waals surface area contributed by atoms with Crippen molar-refractivity contribution in [2.75, 3.05) is 41.5 Å². The molecule has 1 spiro atoms. The van der Waals surface area contributed by atoms with E-state index in [1.165, 1.54) is 14.0 Å². The van der Waals surface area contributed by atoms with E-state index in [2.05, 4.69) is 4.90 Å². The summed E-state index contributed by atoms with van der Waals surface area (Å²) in [5.74, 6) is -3.90. The number of piperidine rings is 1. The lowest BCUT2D eigenvalue weighted by atomic mass is 9.44. The van der Waals surface area contributed by atoms with Crippen molar-refractivity contribution in [3.8, 4) is 0 Å². The van der Waals surface area contributed by atoms with Crippen molar-refractivity contribution in [2.24, 2.45) is 29.1 Å². The molecule has 2 aromatic rings. The van der Waals surface area contributed by atoms with Crippen LogP contribution in [0.5, 0.6) is 0 Å². The van der Waals surface area contributed by atoms with Crippen molar-refractivity contribution < 1.29 is 53.3 Å². The van der Waals surface area contributed by atoms with Gasteiger partial charge in [0.15, 0.2) is 5.60 Å². The number of rotatable bonds is 8. The zero-order chi connectivity index (χ0) is 34.8. The molecule has 6 unspecified atom stereocenters. The summed E-state index contributed by atoms with van der Waals surface area (Å²) in [5.41, 5.74) is -5.22. The molecule has 49 heavy (non-hydrogen) atoms. The SMILES string of the molecule is CCN1C[C@@]2(OC)C3[C@@H](OC)C4C1C3(C1C[C@@]3(O)[C@H](OC(=O)c5ccc6ccccc6c5)C1[C@]4(OC(C)=O)[C@@H](O)[C@@H]3OC)[C@@H](OC)C[C@H]2O. The maximum absolute atomic E-state index is 14.2. The second-order valence-corrected chi connectivity index (χ2v) is 15.1. The number of likely N-dealkylation sites (tertiary alicyclic amines) is 1. The minimum absolute atomic E-state index is 0.0510. The number of aliphatic hydroxyl groups is 3. The van der Waals surface area contributed by atoms with Gasteiger partial charge in [-0.15, -0.1) is 0 Å². The summed E-state index contributed by atoms with van der Waals surface area (Å²) in [4.78, 5) is 29.7. The van der Waals surface area contributed by atoms with E-state index in [1.807, 2.05) is 37.3 Å². The topological polar surface area (TPSA) is 153 Å². The average Bonchev–Trinajstić information content (AvgIpc) is 3.46. The fourth-order valence-electron chi connectivity index (χ4n) is 12.7. The highest BCUT2D eigenvalue weighted by Crippen LogP contribution is 2.79. The zero-order valence-electron chi connectivity index (χ0n) is 28.8. The highest BCUT2D eigenvalue weighted by molar-refractivity contribution is 5.95. The molecule has 266 valence electrons. The number of benzene rings is 2. The number of hydrogen-bond donors (Lipinski definition) is 3.